The number of amides is 4. The zero-order valence-corrected chi connectivity index (χ0v) is 43.7. The van der Waals surface area contributed by atoms with Crippen LogP contribution in [0.2, 0.25) is 0 Å². The number of hydroxylamine groups is 2. The first-order valence-electron chi connectivity index (χ1n) is 25.9. The minimum Gasteiger partial charge on any atom is -0.493 e. The van der Waals surface area contributed by atoms with E-state index in [0.717, 1.165) is 51.4 Å². The van der Waals surface area contributed by atoms with E-state index in [0.29, 0.717) is 110 Å². The number of likely N-dealkylation sites (N-methyl/N-ethyl adjacent to an activating group) is 1. The van der Waals surface area contributed by atoms with E-state index in [4.69, 9.17) is 43.0 Å². The summed E-state index contributed by atoms with van der Waals surface area (Å²) in [4.78, 5) is 83.8. The lowest BCUT2D eigenvalue weighted by Gasteiger charge is -2.26. The summed E-state index contributed by atoms with van der Waals surface area (Å²) in [6, 6.07) is 28.6. The van der Waals surface area contributed by atoms with Crippen LogP contribution < -0.4 is 38.5 Å². The van der Waals surface area contributed by atoms with Crippen LogP contribution >= 0.6 is 0 Å². The zero-order chi connectivity index (χ0) is 53.6. The number of rotatable bonds is 23. The van der Waals surface area contributed by atoms with Gasteiger partial charge in [0.15, 0.2) is 23.0 Å². The summed E-state index contributed by atoms with van der Waals surface area (Å²) in [6.07, 6.45) is 3.44. The van der Waals surface area contributed by atoms with Gasteiger partial charge in [-0.3, -0.25) is 29.1 Å². The van der Waals surface area contributed by atoms with E-state index in [1.165, 1.54) is 7.11 Å². The van der Waals surface area contributed by atoms with Gasteiger partial charge in [-0.25, -0.2) is 4.79 Å². The molecule has 0 aliphatic carbocycles. The molecule has 10 rings (SSSR count). The SMILES string of the molecule is COCCOCCOCCN(CCCC(=O)ON1C(=O)CCC1=O)c1cc(COc2cc3c(cc2OC)C(=O)N2c4ccccc4C[C@H]2C=N3)cc(COc2cc3c(cc2OC)C(=O)N2c4ccccc4C[C@H]2CN3C)c1. The van der Waals surface area contributed by atoms with Crippen molar-refractivity contribution in [1.82, 2.24) is 5.06 Å². The highest BCUT2D eigenvalue weighted by Crippen LogP contribution is 2.44. The summed E-state index contributed by atoms with van der Waals surface area (Å²) in [5.74, 6) is -0.510. The first-order chi connectivity index (χ1) is 37.5. The van der Waals surface area contributed by atoms with E-state index in [9.17, 15) is 24.0 Å². The van der Waals surface area contributed by atoms with Crippen LogP contribution in [-0.4, -0.2) is 134 Å². The van der Waals surface area contributed by atoms with E-state index in [1.807, 2.05) is 84.9 Å². The smallest absolute Gasteiger partial charge is 0.333 e. The van der Waals surface area contributed by atoms with Gasteiger partial charge in [0.2, 0.25) is 0 Å². The summed E-state index contributed by atoms with van der Waals surface area (Å²) < 4.78 is 41.7. The topological polar surface area (TPSA) is 188 Å². The van der Waals surface area contributed by atoms with Crippen molar-refractivity contribution in [1.29, 1.82) is 0 Å². The number of aliphatic imine (C=N–C) groups is 1. The van der Waals surface area contributed by atoms with Crippen LogP contribution in [0.15, 0.2) is 96.0 Å². The molecule has 5 aromatic rings. The Morgan fingerprint density at radius 3 is 1.95 bits per heavy atom. The van der Waals surface area contributed by atoms with Gasteiger partial charge in [0.05, 0.1) is 81.8 Å². The van der Waals surface area contributed by atoms with Crippen molar-refractivity contribution in [3.8, 4) is 23.0 Å². The number of benzene rings is 5. The molecule has 0 spiro atoms. The van der Waals surface area contributed by atoms with Gasteiger partial charge in [0.1, 0.15) is 13.2 Å². The second-order valence-electron chi connectivity index (χ2n) is 19.4. The molecule has 77 heavy (non-hydrogen) atoms. The molecule has 1 fully saturated rings. The summed E-state index contributed by atoms with van der Waals surface area (Å²) in [5.41, 5.74) is 8.34. The predicted molar refractivity (Wildman–Crippen MR) is 286 cm³/mol. The van der Waals surface area contributed by atoms with Gasteiger partial charge < -0.3 is 52.7 Å². The fraction of sp³-hybridized carbons (Fsp3) is 0.379. The number of ether oxygens (including phenoxy) is 7. The van der Waals surface area contributed by atoms with Crippen LogP contribution in [0, 0.1) is 0 Å². The van der Waals surface area contributed by atoms with Crippen LogP contribution in [0.25, 0.3) is 0 Å². The molecule has 19 nitrogen and oxygen atoms in total. The van der Waals surface area contributed by atoms with E-state index < -0.39 is 17.8 Å². The van der Waals surface area contributed by atoms with E-state index in [1.54, 1.807) is 37.3 Å². The fourth-order valence-electron chi connectivity index (χ4n) is 10.6. The Kier molecular flexibility index (Phi) is 16.0. The summed E-state index contributed by atoms with van der Waals surface area (Å²) in [5, 5.41) is 0.557. The Hall–Kier alpha value is -8.00. The third-order valence-electron chi connectivity index (χ3n) is 14.3. The van der Waals surface area contributed by atoms with Gasteiger partial charge in [-0.05, 0) is 77.6 Å². The highest BCUT2D eigenvalue weighted by atomic mass is 16.7. The molecule has 2 atom stereocenters. The summed E-state index contributed by atoms with van der Waals surface area (Å²) in [6.45, 7) is 3.41. The number of carbonyl (C=O) groups excluding carboxylic acids is 5. The molecule has 0 radical (unpaired) electrons. The van der Waals surface area contributed by atoms with Gasteiger partial charge in [0, 0.05) is 94.9 Å². The first-order valence-corrected chi connectivity index (χ1v) is 25.9. The van der Waals surface area contributed by atoms with Gasteiger partial charge >= 0.3 is 5.97 Å². The molecule has 402 valence electrons. The first kappa shape index (κ1) is 52.4. The third-order valence-corrected chi connectivity index (χ3v) is 14.3. The minimum atomic E-state index is -0.701. The molecule has 5 aliphatic rings. The number of methoxy groups -OCH3 is 3. The second kappa shape index (κ2) is 23.5. The second-order valence-corrected chi connectivity index (χ2v) is 19.4. The molecule has 4 amide bonds. The molecular weight excluding hydrogens is 989 g/mol. The summed E-state index contributed by atoms with van der Waals surface area (Å²) in [7, 11) is 6.66. The molecule has 5 aromatic carbocycles. The quantitative estimate of drug-likeness (QED) is 0.0478. The Balaban J connectivity index is 0.933. The van der Waals surface area contributed by atoms with E-state index in [2.05, 4.69) is 15.9 Å². The molecule has 5 heterocycles. The molecular formula is C58H62N6O13. The Morgan fingerprint density at radius 1 is 0.649 bits per heavy atom. The van der Waals surface area contributed by atoms with Crippen LogP contribution in [-0.2, 0) is 59.5 Å². The number of nitrogens with zero attached hydrogens (tertiary/aromatic N) is 6. The number of hydrogen-bond donors (Lipinski definition) is 0. The highest BCUT2D eigenvalue weighted by molar-refractivity contribution is 6.15. The van der Waals surface area contributed by atoms with Crippen molar-refractivity contribution in [3.05, 3.63) is 124 Å². The maximum Gasteiger partial charge on any atom is 0.333 e. The molecule has 0 unspecified atom stereocenters. The van der Waals surface area contributed by atoms with Gasteiger partial charge in [-0.1, -0.05) is 36.4 Å². The third kappa shape index (κ3) is 11.3. The Bertz CT molecular complexity index is 3080. The molecule has 0 N–H and O–H groups in total. The van der Waals surface area contributed by atoms with Crippen molar-refractivity contribution < 1.29 is 62.0 Å². The van der Waals surface area contributed by atoms with Crippen molar-refractivity contribution in [2.24, 2.45) is 4.99 Å². The largest absolute Gasteiger partial charge is 0.493 e. The maximum atomic E-state index is 14.4. The number of anilines is 4. The predicted octanol–water partition coefficient (Wildman–Crippen LogP) is 7.04. The molecule has 0 saturated carbocycles. The number of para-hydroxylation sites is 2. The number of carbonyl (C=O) groups is 5. The van der Waals surface area contributed by atoms with Crippen LogP contribution in [0.1, 0.15) is 68.7 Å². The molecule has 1 saturated heterocycles. The summed E-state index contributed by atoms with van der Waals surface area (Å²) >= 11 is 0. The normalized spacial score (nSPS) is 17.0. The zero-order valence-electron chi connectivity index (χ0n) is 43.7. The molecule has 0 bridgehead atoms. The molecule has 5 aliphatic heterocycles. The Morgan fingerprint density at radius 2 is 1.26 bits per heavy atom. The van der Waals surface area contributed by atoms with Crippen molar-refractivity contribution in [2.75, 3.05) is 101 Å². The maximum absolute atomic E-state index is 14.4. The molecule has 19 heteroatoms. The lowest BCUT2D eigenvalue weighted by atomic mass is 10.1. The average Bonchev–Trinajstić information content (AvgIpc) is 4.18. The number of hydrogen-bond acceptors (Lipinski definition) is 16. The molecule has 0 aromatic heterocycles. The van der Waals surface area contributed by atoms with Crippen LogP contribution in [0.5, 0.6) is 23.0 Å². The average molecular weight is 1050 g/mol. The minimum absolute atomic E-state index is 0.00449. The van der Waals surface area contributed by atoms with Gasteiger partial charge in [-0.15, -0.1) is 5.06 Å². The van der Waals surface area contributed by atoms with Crippen molar-refractivity contribution in [2.45, 2.75) is 63.8 Å². The highest BCUT2D eigenvalue weighted by Gasteiger charge is 2.40. The number of imide groups is 1. The van der Waals surface area contributed by atoms with Crippen molar-refractivity contribution in [3.63, 3.8) is 0 Å². The van der Waals surface area contributed by atoms with Crippen LogP contribution in [0.3, 0.4) is 0 Å². The standard InChI is InChI=1S/C58H62N6O13/c1-60-34-43-28-40-11-6-8-13-48(40)63(43)58(69)45-30-51(72-4)53(32-49(45)60)76-36-38-24-37(35-75-52-31-46-44(29-50(52)71-3)57(68)62-42(33-59-46)27-39-10-5-7-12-47(39)62)25-41(26-38)61(18-19-73-22-23-74-21-20-70-2)17-9-14-56(67)77-64-54(65)15-16-55(64)66/h5-8,10-13,24-26,29-33,42-43H,9,14-23,27-28,34-36H2,1-4H3/t42-,43-/m0/s1. The lowest BCUT2D eigenvalue weighted by Crippen LogP contribution is -2.41. The van der Waals surface area contributed by atoms with Gasteiger partial charge in [0.25, 0.3) is 23.6 Å². The van der Waals surface area contributed by atoms with E-state index in [-0.39, 0.29) is 56.4 Å². The fourth-order valence-corrected chi connectivity index (χ4v) is 10.6. The van der Waals surface area contributed by atoms with Gasteiger partial charge in [-0.2, -0.15) is 0 Å². The monoisotopic (exact) mass is 1050 g/mol. The van der Waals surface area contributed by atoms with Crippen LogP contribution in [0.4, 0.5) is 28.4 Å². The lowest BCUT2D eigenvalue weighted by molar-refractivity contribution is -0.197. The number of fused-ring (bicyclic) bond motifs is 8. The van der Waals surface area contributed by atoms with Crippen molar-refractivity contribution >= 4 is 64.2 Å². The van der Waals surface area contributed by atoms with E-state index >= 15 is 0 Å². The Labute approximate surface area is 446 Å².